The van der Waals surface area contributed by atoms with Crippen LogP contribution < -0.4 is 10.6 Å². The first-order valence-corrected chi connectivity index (χ1v) is 5.85. The molecule has 0 amide bonds. The lowest BCUT2D eigenvalue weighted by Gasteiger charge is -2.29. The highest BCUT2D eigenvalue weighted by Crippen LogP contribution is 2.22. The Hall–Kier alpha value is -1.09. The molecule has 0 atom stereocenters. The Kier molecular flexibility index (Phi) is 4.74. The summed E-state index contributed by atoms with van der Waals surface area (Å²) in [5.41, 5.74) is 6.99. The zero-order chi connectivity index (χ0) is 12.1. The summed E-state index contributed by atoms with van der Waals surface area (Å²) in [6.07, 6.45) is 1.01. The Balaban J connectivity index is 3.00. The van der Waals surface area contributed by atoms with Crippen LogP contribution in [0.15, 0.2) is 18.2 Å². The SMILES string of the molecule is CCCN(c1ccc(CN)cc1F)C(C)C. The molecule has 0 saturated carbocycles. The fraction of sp³-hybridized carbons (Fsp3) is 0.538. The van der Waals surface area contributed by atoms with Crippen LogP contribution in [0, 0.1) is 5.82 Å². The van der Waals surface area contributed by atoms with Gasteiger partial charge in [0.05, 0.1) is 5.69 Å². The molecular weight excluding hydrogens is 203 g/mol. The van der Waals surface area contributed by atoms with Crippen molar-refractivity contribution in [2.24, 2.45) is 5.73 Å². The Bertz CT molecular complexity index is 337. The molecule has 0 heterocycles. The molecule has 0 spiro atoms. The molecule has 1 aromatic rings. The summed E-state index contributed by atoms with van der Waals surface area (Å²) in [6.45, 7) is 7.50. The second-order valence-electron chi connectivity index (χ2n) is 4.28. The lowest BCUT2D eigenvalue weighted by atomic mass is 10.1. The number of hydrogen-bond donors (Lipinski definition) is 1. The van der Waals surface area contributed by atoms with Gasteiger partial charge in [-0.05, 0) is 38.0 Å². The van der Waals surface area contributed by atoms with E-state index >= 15 is 0 Å². The molecular formula is C13H21FN2. The molecule has 0 saturated heterocycles. The van der Waals surface area contributed by atoms with Gasteiger partial charge < -0.3 is 10.6 Å². The summed E-state index contributed by atoms with van der Waals surface area (Å²) in [6, 6.07) is 5.55. The van der Waals surface area contributed by atoms with E-state index in [1.54, 1.807) is 0 Å². The van der Waals surface area contributed by atoms with Crippen LogP contribution in [0.4, 0.5) is 10.1 Å². The van der Waals surface area contributed by atoms with Crippen molar-refractivity contribution in [3.63, 3.8) is 0 Å². The molecule has 1 rings (SSSR count). The van der Waals surface area contributed by atoms with Gasteiger partial charge in [0.15, 0.2) is 0 Å². The fourth-order valence-corrected chi connectivity index (χ4v) is 1.81. The van der Waals surface area contributed by atoms with Crippen molar-refractivity contribution in [2.75, 3.05) is 11.4 Å². The molecule has 0 fully saturated rings. The van der Waals surface area contributed by atoms with Gasteiger partial charge in [-0.25, -0.2) is 4.39 Å². The lowest BCUT2D eigenvalue weighted by Crippen LogP contribution is -2.32. The Labute approximate surface area is 97.3 Å². The van der Waals surface area contributed by atoms with E-state index in [2.05, 4.69) is 25.7 Å². The van der Waals surface area contributed by atoms with E-state index in [4.69, 9.17) is 5.73 Å². The quantitative estimate of drug-likeness (QED) is 0.833. The zero-order valence-electron chi connectivity index (χ0n) is 10.3. The van der Waals surface area contributed by atoms with E-state index < -0.39 is 0 Å². The summed E-state index contributed by atoms with van der Waals surface area (Å²) >= 11 is 0. The summed E-state index contributed by atoms with van der Waals surface area (Å²) in [5, 5.41) is 0. The van der Waals surface area contributed by atoms with Crippen LogP contribution in [0.2, 0.25) is 0 Å². The van der Waals surface area contributed by atoms with Crippen molar-refractivity contribution in [3.05, 3.63) is 29.6 Å². The first kappa shape index (κ1) is 13.0. The fourth-order valence-electron chi connectivity index (χ4n) is 1.81. The third-order valence-corrected chi connectivity index (χ3v) is 2.65. The average molecular weight is 224 g/mol. The van der Waals surface area contributed by atoms with Gasteiger partial charge in [0.25, 0.3) is 0 Å². The van der Waals surface area contributed by atoms with Crippen LogP contribution in [0.25, 0.3) is 0 Å². The maximum atomic E-state index is 13.9. The van der Waals surface area contributed by atoms with Gasteiger partial charge in [0, 0.05) is 19.1 Å². The van der Waals surface area contributed by atoms with E-state index in [-0.39, 0.29) is 5.82 Å². The van der Waals surface area contributed by atoms with Gasteiger partial charge in [0.2, 0.25) is 0 Å². The standard InChI is InChI=1S/C13H21FN2/c1-4-7-16(10(2)3)13-6-5-11(9-15)8-12(13)14/h5-6,8,10H,4,7,9,15H2,1-3H3. The van der Waals surface area contributed by atoms with Gasteiger partial charge in [-0.3, -0.25) is 0 Å². The van der Waals surface area contributed by atoms with Crippen molar-refractivity contribution in [3.8, 4) is 0 Å². The molecule has 0 unspecified atom stereocenters. The molecule has 90 valence electrons. The highest BCUT2D eigenvalue weighted by Gasteiger charge is 2.13. The van der Waals surface area contributed by atoms with Crippen LogP contribution in [-0.4, -0.2) is 12.6 Å². The van der Waals surface area contributed by atoms with Gasteiger partial charge in [-0.15, -0.1) is 0 Å². The highest BCUT2D eigenvalue weighted by molar-refractivity contribution is 5.49. The van der Waals surface area contributed by atoms with Gasteiger partial charge in [-0.2, -0.15) is 0 Å². The van der Waals surface area contributed by atoms with Gasteiger partial charge in [-0.1, -0.05) is 13.0 Å². The van der Waals surface area contributed by atoms with Crippen molar-refractivity contribution < 1.29 is 4.39 Å². The topological polar surface area (TPSA) is 29.3 Å². The van der Waals surface area contributed by atoms with Crippen molar-refractivity contribution in [1.82, 2.24) is 0 Å². The molecule has 0 aliphatic heterocycles. The second kappa shape index (κ2) is 5.85. The second-order valence-corrected chi connectivity index (χ2v) is 4.28. The smallest absolute Gasteiger partial charge is 0.146 e. The summed E-state index contributed by atoms with van der Waals surface area (Å²) in [5.74, 6) is -0.176. The minimum absolute atomic E-state index is 0.176. The molecule has 0 aromatic heterocycles. The van der Waals surface area contributed by atoms with Crippen LogP contribution in [0.3, 0.4) is 0 Å². The van der Waals surface area contributed by atoms with Crippen molar-refractivity contribution in [1.29, 1.82) is 0 Å². The Morgan fingerprint density at radius 1 is 1.38 bits per heavy atom. The first-order chi connectivity index (χ1) is 7.60. The highest BCUT2D eigenvalue weighted by atomic mass is 19.1. The van der Waals surface area contributed by atoms with Crippen molar-refractivity contribution in [2.45, 2.75) is 39.8 Å². The van der Waals surface area contributed by atoms with Crippen LogP contribution in [0.1, 0.15) is 32.8 Å². The molecule has 0 aliphatic carbocycles. The van der Waals surface area contributed by atoms with Gasteiger partial charge in [0.1, 0.15) is 5.82 Å². The maximum absolute atomic E-state index is 13.9. The first-order valence-electron chi connectivity index (χ1n) is 5.85. The van der Waals surface area contributed by atoms with E-state index in [0.717, 1.165) is 18.5 Å². The molecule has 3 heteroatoms. The Morgan fingerprint density at radius 2 is 2.06 bits per heavy atom. The van der Waals surface area contributed by atoms with Crippen LogP contribution in [-0.2, 0) is 6.54 Å². The largest absolute Gasteiger partial charge is 0.367 e. The number of halogens is 1. The molecule has 16 heavy (non-hydrogen) atoms. The van der Waals surface area contributed by atoms with Crippen LogP contribution >= 0.6 is 0 Å². The number of nitrogens with two attached hydrogens (primary N) is 1. The summed E-state index contributed by atoms with van der Waals surface area (Å²) < 4.78 is 13.9. The van der Waals surface area contributed by atoms with E-state index in [1.165, 1.54) is 6.07 Å². The van der Waals surface area contributed by atoms with E-state index in [0.29, 0.717) is 18.3 Å². The van der Waals surface area contributed by atoms with Crippen molar-refractivity contribution >= 4 is 5.69 Å². The molecule has 2 nitrogen and oxygen atoms in total. The van der Waals surface area contributed by atoms with E-state index in [1.807, 2.05) is 12.1 Å². The number of hydrogen-bond acceptors (Lipinski definition) is 2. The van der Waals surface area contributed by atoms with Gasteiger partial charge >= 0.3 is 0 Å². The summed E-state index contributed by atoms with van der Waals surface area (Å²) in [7, 11) is 0. The molecule has 1 aromatic carbocycles. The maximum Gasteiger partial charge on any atom is 0.146 e. The normalized spacial score (nSPS) is 10.9. The minimum atomic E-state index is -0.176. The minimum Gasteiger partial charge on any atom is -0.367 e. The molecule has 0 radical (unpaired) electrons. The monoisotopic (exact) mass is 224 g/mol. The molecule has 2 N–H and O–H groups in total. The summed E-state index contributed by atoms with van der Waals surface area (Å²) in [4.78, 5) is 2.08. The van der Waals surface area contributed by atoms with Crippen LogP contribution in [0.5, 0.6) is 0 Å². The third kappa shape index (κ3) is 2.95. The lowest BCUT2D eigenvalue weighted by molar-refractivity contribution is 0.595. The predicted molar refractivity (Wildman–Crippen MR) is 67.1 cm³/mol. The third-order valence-electron chi connectivity index (χ3n) is 2.65. The number of rotatable bonds is 5. The number of nitrogens with zero attached hydrogens (tertiary/aromatic N) is 1. The van der Waals surface area contributed by atoms with E-state index in [9.17, 15) is 4.39 Å². The predicted octanol–water partition coefficient (Wildman–Crippen LogP) is 2.91. The number of anilines is 1. The number of benzene rings is 1. The Morgan fingerprint density at radius 3 is 2.50 bits per heavy atom. The average Bonchev–Trinajstić information content (AvgIpc) is 2.26. The molecule has 0 bridgehead atoms. The molecule has 0 aliphatic rings. The zero-order valence-corrected chi connectivity index (χ0v) is 10.3.